The number of sulfone groups is 1. The molecule has 1 unspecified atom stereocenters. The van der Waals surface area contributed by atoms with E-state index in [4.69, 9.17) is 4.74 Å². The molecule has 2 aliphatic rings. The maximum Gasteiger partial charge on any atom is 0.153 e. The normalized spacial score (nSPS) is 30.2. The molecule has 20 heavy (non-hydrogen) atoms. The molecule has 0 spiro atoms. The Morgan fingerprint density at radius 3 is 2.65 bits per heavy atom. The van der Waals surface area contributed by atoms with Crippen LogP contribution in [-0.2, 0) is 14.6 Å². The molecule has 2 heterocycles. The lowest BCUT2D eigenvalue weighted by Gasteiger charge is -2.44. The SMILES string of the molecule is CCNCC1(CN2CCS(=O)(=O)CC2C)CCOCC1. The van der Waals surface area contributed by atoms with Gasteiger partial charge in [0.05, 0.1) is 11.5 Å². The van der Waals surface area contributed by atoms with Gasteiger partial charge in [0.2, 0.25) is 0 Å². The second-order valence-corrected chi connectivity index (χ2v) is 8.56. The predicted molar refractivity (Wildman–Crippen MR) is 80.7 cm³/mol. The average Bonchev–Trinajstić information content (AvgIpc) is 2.41. The van der Waals surface area contributed by atoms with Crippen molar-refractivity contribution in [1.82, 2.24) is 10.2 Å². The summed E-state index contributed by atoms with van der Waals surface area (Å²) in [5.41, 5.74) is 0.240. The van der Waals surface area contributed by atoms with Crippen LogP contribution in [0.2, 0.25) is 0 Å². The van der Waals surface area contributed by atoms with E-state index in [1.165, 1.54) is 0 Å². The lowest BCUT2D eigenvalue weighted by molar-refractivity contribution is -0.00864. The van der Waals surface area contributed by atoms with E-state index in [-0.39, 0.29) is 11.5 Å². The van der Waals surface area contributed by atoms with Gasteiger partial charge in [-0.2, -0.15) is 0 Å². The van der Waals surface area contributed by atoms with E-state index in [1.54, 1.807) is 0 Å². The van der Waals surface area contributed by atoms with Crippen LogP contribution in [-0.4, -0.2) is 70.3 Å². The second kappa shape index (κ2) is 6.73. The van der Waals surface area contributed by atoms with Crippen LogP contribution in [0.1, 0.15) is 26.7 Å². The maximum atomic E-state index is 11.7. The van der Waals surface area contributed by atoms with Crippen molar-refractivity contribution in [2.24, 2.45) is 5.41 Å². The lowest BCUT2D eigenvalue weighted by Crippen LogP contribution is -2.54. The summed E-state index contributed by atoms with van der Waals surface area (Å²) in [7, 11) is -2.82. The fourth-order valence-corrected chi connectivity index (χ4v) is 4.91. The molecule has 2 aliphatic heterocycles. The number of nitrogens with one attached hydrogen (secondary N) is 1. The molecule has 0 saturated carbocycles. The standard InChI is InChI=1S/C14H28N2O3S/c1-3-15-11-14(4-7-19-8-5-14)12-16-6-9-20(17,18)10-13(16)2/h13,15H,3-12H2,1-2H3. The minimum atomic E-state index is -2.82. The van der Waals surface area contributed by atoms with Crippen molar-refractivity contribution in [2.75, 3.05) is 50.9 Å². The van der Waals surface area contributed by atoms with Gasteiger partial charge in [0.25, 0.3) is 0 Å². The Morgan fingerprint density at radius 1 is 1.35 bits per heavy atom. The Morgan fingerprint density at radius 2 is 2.05 bits per heavy atom. The fourth-order valence-electron chi connectivity index (χ4n) is 3.28. The first-order valence-corrected chi connectivity index (χ1v) is 9.51. The quantitative estimate of drug-likeness (QED) is 0.802. The van der Waals surface area contributed by atoms with Crippen molar-refractivity contribution in [3.63, 3.8) is 0 Å². The molecule has 0 aromatic rings. The number of nitrogens with zero attached hydrogens (tertiary/aromatic N) is 1. The van der Waals surface area contributed by atoms with Gasteiger partial charge >= 0.3 is 0 Å². The molecule has 1 N–H and O–H groups in total. The number of ether oxygens (including phenoxy) is 1. The zero-order valence-electron chi connectivity index (χ0n) is 12.7. The summed E-state index contributed by atoms with van der Waals surface area (Å²) >= 11 is 0. The van der Waals surface area contributed by atoms with E-state index in [0.29, 0.717) is 18.1 Å². The van der Waals surface area contributed by atoms with Crippen LogP contribution in [0.25, 0.3) is 0 Å². The zero-order valence-corrected chi connectivity index (χ0v) is 13.5. The summed E-state index contributed by atoms with van der Waals surface area (Å²) in [6.07, 6.45) is 2.13. The molecule has 0 aromatic carbocycles. The number of hydrogen-bond donors (Lipinski definition) is 1. The van der Waals surface area contributed by atoms with Crippen molar-refractivity contribution in [3.05, 3.63) is 0 Å². The van der Waals surface area contributed by atoms with Gasteiger partial charge in [-0.05, 0) is 31.7 Å². The number of hydrogen-bond acceptors (Lipinski definition) is 5. The van der Waals surface area contributed by atoms with E-state index >= 15 is 0 Å². The van der Waals surface area contributed by atoms with Gasteiger partial charge in [-0.25, -0.2) is 8.42 Å². The Kier molecular flexibility index (Phi) is 5.45. The summed E-state index contributed by atoms with van der Waals surface area (Å²) in [6, 6.07) is 0.134. The van der Waals surface area contributed by atoms with Crippen LogP contribution in [0.4, 0.5) is 0 Å². The molecule has 5 nitrogen and oxygen atoms in total. The van der Waals surface area contributed by atoms with Crippen LogP contribution < -0.4 is 5.32 Å². The summed E-state index contributed by atoms with van der Waals surface area (Å²) < 4.78 is 28.9. The minimum absolute atomic E-state index is 0.134. The van der Waals surface area contributed by atoms with Gasteiger partial charge < -0.3 is 10.1 Å². The summed E-state index contributed by atoms with van der Waals surface area (Å²) in [5.74, 6) is 0.617. The largest absolute Gasteiger partial charge is 0.381 e. The molecule has 0 aromatic heterocycles. The van der Waals surface area contributed by atoms with E-state index in [1.807, 2.05) is 6.92 Å². The van der Waals surface area contributed by atoms with E-state index < -0.39 is 9.84 Å². The predicted octanol–water partition coefficient (Wildman–Crippen LogP) is 0.512. The van der Waals surface area contributed by atoms with Crippen LogP contribution in [0.3, 0.4) is 0 Å². The Balaban J connectivity index is 2.00. The summed E-state index contributed by atoms with van der Waals surface area (Å²) in [5, 5.41) is 3.48. The van der Waals surface area contributed by atoms with Gasteiger partial charge in [-0.15, -0.1) is 0 Å². The summed E-state index contributed by atoms with van der Waals surface area (Å²) in [4.78, 5) is 2.36. The van der Waals surface area contributed by atoms with Crippen LogP contribution >= 0.6 is 0 Å². The van der Waals surface area contributed by atoms with Gasteiger partial charge in [0.1, 0.15) is 0 Å². The number of rotatable bonds is 5. The van der Waals surface area contributed by atoms with Crippen molar-refractivity contribution in [3.8, 4) is 0 Å². The van der Waals surface area contributed by atoms with Crippen molar-refractivity contribution in [1.29, 1.82) is 0 Å². The maximum absolute atomic E-state index is 11.7. The summed E-state index contributed by atoms with van der Waals surface area (Å²) in [6.45, 7) is 9.46. The molecular weight excluding hydrogens is 276 g/mol. The van der Waals surface area contributed by atoms with Crippen LogP contribution in [0.5, 0.6) is 0 Å². The molecule has 2 saturated heterocycles. The molecule has 0 bridgehead atoms. The molecular formula is C14H28N2O3S. The van der Waals surface area contributed by atoms with Crippen molar-refractivity contribution < 1.29 is 13.2 Å². The molecule has 6 heteroatoms. The molecule has 2 rings (SSSR count). The molecule has 2 fully saturated rings. The Bertz CT molecular complexity index is 405. The Hall–Kier alpha value is -0.170. The fraction of sp³-hybridized carbons (Fsp3) is 1.00. The van der Waals surface area contributed by atoms with Crippen molar-refractivity contribution in [2.45, 2.75) is 32.7 Å². The van der Waals surface area contributed by atoms with Crippen LogP contribution in [0.15, 0.2) is 0 Å². The first-order chi connectivity index (χ1) is 9.46. The van der Waals surface area contributed by atoms with Crippen molar-refractivity contribution >= 4 is 9.84 Å². The molecule has 0 aliphatic carbocycles. The molecule has 1 atom stereocenters. The third-order valence-electron chi connectivity index (χ3n) is 4.65. The topological polar surface area (TPSA) is 58.6 Å². The minimum Gasteiger partial charge on any atom is -0.381 e. The first-order valence-electron chi connectivity index (χ1n) is 7.69. The Labute approximate surface area is 123 Å². The van der Waals surface area contributed by atoms with Gasteiger partial charge in [-0.3, -0.25) is 4.90 Å². The molecule has 118 valence electrons. The highest BCUT2D eigenvalue weighted by Gasteiger charge is 2.37. The van der Waals surface area contributed by atoms with E-state index in [9.17, 15) is 8.42 Å². The highest BCUT2D eigenvalue weighted by atomic mass is 32.2. The average molecular weight is 304 g/mol. The highest BCUT2D eigenvalue weighted by Crippen LogP contribution is 2.32. The second-order valence-electron chi connectivity index (χ2n) is 6.33. The molecule has 0 radical (unpaired) electrons. The van der Waals surface area contributed by atoms with Gasteiger partial charge in [-0.1, -0.05) is 6.92 Å². The smallest absolute Gasteiger partial charge is 0.153 e. The van der Waals surface area contributed by atoms with E-state index in [0.717, 1.165) is 45.7 Å². The lowest BCUT2D eigenvalue weighted by atomic mass is 9.79. The zero-order chi connectivity index (χ0) is 14.6. The highest BCUT2D eigenvalue weighted by molar-refractivity contribution is 7.91. The van der Waals surface area contributed by atoms with Gasteiger partial charge in [0, 0.05) is 38.9 Å². The third kappa shape index (κ3) is 4.16. The monoisotopic (exact) mass is 304 g/mol. The van der Waals surface area contributed by atoms with Crippen LogP contribution in [0, 0.1) is 5.41 Å². The van der Waals surface area contributed by atoms with Gasteiger partial charge in [0.15, 0.2) is 9.84 Å². The van der Waals surface area contributed by atoms with E-state index in [2.05, 4.69) is 17.1 Å². The third-order valence-corrected chi connectivity index (χ3v) is 6.44. The molecule has 0 amide bonds. The first kappa shape index (κ1) is 16.2.